The van der Waals surface area contributed by atoms with E-state index in [1.165, 1.54) is 25.0 Å². The molecule has 0 spiro atoms. The van der Waals surface area contributed by atoms with E-state index in [4.69, 9.17) is 0 Å². The largest absolute Gasteiger partial charge is 0.311 e. The van der Waals surface area contributed by atoms with E-state index in [0.717, 1.165) is 25.2 Å². The highest BCUT2D eigenvalue weighted by molar-refractivity contribution is 5.34. The average molecular weight is 281 g/mol. The van der Waals surface area contributed by atoms with E-state index in [1.807, 2.05) is 0 Å². The molecule has 5 nitrogen and oxygen atoms in total. The number of likely N-dealkylation sites (N-methyl/N-ethyl adjacent to an activating group) is 1. The summed E-state index contributed by atoms with van der Waals surface area (Å²) in [4.78, 5) is 12.3. The van der Waals surface area contributed by atoms with E-state index in [2.05, 4.69) is 17.1 Å². The highest BCUT2D eigenvalue weighted by atomic mass is 19.1. The summed E-state index contributed by atoms with van der Waals surface area (Å²) in [6, 6.07) is 4.60. The molecule has 2 rings (SSSR count). The van der Waals surface area contributed by atoms with Crippen LogP contribution in [0.4, 0.5) is 10.1 Å². The summed E-state index contributed by atoms with van der Waals surface area (Å²) in [5.74, 6) is -0.773. The molecule has 1 aliphatic rings. The zero-order valence-electron chi connectivity index (χ0n) is 11.6. The molecule has 0 aliphatic carbocycles. The van der Waals surface area contributed by atoms with Crippen molar-refractivity contribution in [3.63, 3.8) is 0 Å². The second kappa shape index (κ2) is 6.76. The lowest BCUT2D eigenvalue weighted by molar-refractivity contribution is -0.387. The normalized spacial score (nSPS) is 19.4. The summed E-state index contributed by atoms with van der Waals surface area (Å²) in [6.07, 6.45) is 2.42. The van der Waals surface area contributed by atoms with Crippen LogP contribution >= 0.6 is 0 Å². The molecule has 1 aromatic carbocycles. The number of likely N-dealkylation sites (tertiary alicyclic amines) is 1. The molecule has 110 valence electrons. The van der Waals surface area contributed by atoms with Gasteiger partial charge in [-0.2, -0.15) is 4.39 Å². The number of nitrogens with one attached hydrogen (secondary N) is 1. The van der Waals surface area contributed by atoms with Gasteiger partial charge in [-0.3, -0.25) is 15.0 Å². The minimum Gasteiger partial charge on any atom is -0.311 e. The number of nitro benzene ring substituents is 1. The Kier molecular flexibility index (Phi) is 5.03. The van der Waals surface area contributed by atoms with Crippen LogP contribution in [0.1, 0.15) is 25.3 Å². The third kappa shape index (κ3) is 3.52. The number of benzene rings is 1. The van der Waals surface area contributed by atoms with E-state index in [0.29, 0.717) is 12.6 Å². The van der Waals surface area contributed by atoms with Crippen molar-refractivity contribution in [1.82, 2.24) is 10.2 Å². The van der Waals surface area contributed by atoms with E-state index in [9.17, 15) is 14.5 Å². The molecule has 0 aromatic heterocycles. The van der Waals surface area contributed by atoms with Crippen molar-refractivity contribution in [3.8, 4) is 0 Å². The van der Waals surface area contributed by atoms with Crippen molar-refractivity contribution in [2.75, 3.05) is 19.6 Å². The Hall–Kier alpha value is -1.53. The number of nitrogens with zero attached hydrogens (tertiary/aromatic N) is 2. The van der Waals surface area contributed by atoms with Gasteiger partial charge in [-0.25, -0.2) is 0 Å². The maximum atomic E-state index is 13.5. The molecule has 6 heteroatoms. The van der Waals surface area contributed by atoms with Gasteiger partial charge in [0.25, 0.3) is 0 Å². The van der Waals surface area contributed by atoms with Crippen molar-refractivity contribution in [2.24, 2.45) is 0 Å². The van der Waals surface area contributed by atoms with Crippen LogP contribution in [0.3, 0.4) is 0 Å². The van der Waals surface area contributed by atoms with Gasteiger partial charge in [0.05, 0.1) is 4.92 Å². The van der Waals surface area contributed by atoms with Crippen LogP contribution in [0, 0.1) is 15.9 Å². The molecular weight excluding hydrogens is 261 g/mol. The first-order valence-electron chi connectivity index (χ1n) is 6.99. The summed E-state index contributed by atoms with van der Waals surface area (Å²) < 4.78 is 13.5. The zero-order valence-corrected chi connectivity index (χ0v) is 11.6. The molecule has 1 fully saturated rings. The molecule has 20 heavy (non-hydrogen) atoms. The minimum absolute atomic E-state index is 0.471. The van der Waals surface area contributed by atoms with Crippen molar-refractivity contribution < 1.29 is 9.31 Å². The molecule has 0 amide bonds. The van der Waals surface area contributed by atoms with Crippen molar-refractivity contribution in [2.45, 2.75) is 32.4 Å². The highest BCUT2D eigenvalue weighted by Gasteiger charge is 2.22. The predicted octanol–water partition coefficient (Wildman–Crippen LogP) is 2.31. The molecule has 1 saturated heterocycles. The summed E-state index contributed by atoms with van der Waals surface area (Å²) in [5.41, 5.74) is 0.260. The smallest absolute Gasteiger partial charge is 0.304 e. The first-order chi connectivity index (χ1) is 9.61. The number of halogens is 1. The summed E-state index contributed by atoms with van der Waals surface area (Å²) in [5, 5.41) is 13.8. The zero-order chi connectivity index (χ0) is 14.5. The summed E-state index contributed by atoms with van der Waals surface area (Å²) in [7, 11) is 0. The first kappa shape index (κ1) is 14.9. The minimum atomic E-state index is -0.773. The highest BCUT2D eigenvalue weighted by Crippen LogP contribution is 2.18. The molecule has 0 bridgehead atoms. The lowest BCUT2D eigenvalue weighted by atomic mass is 10.2. The van der Waals surface area contributed by atoms with Crippen molar-refractivity contribution in [3.05, 3.63) is 39.7 Å². The van der Waals surface area contributed by atoms with Gasteiger partial charge in [0.2, 0.25) is 5.82 Å². The number of hydrogen-bond acceptors (Lipinski definition) is 4. The van der Waals surface area contributed by atoms with Gasteiger partial charge < -0.3 is 5.32 Å². The van der Waals surface area contributed by atoms with E-state index < -0.39 is 16.4 Å². The Labute approximate surface area is 117 Å². The standard InChI is InChI=1S/C14H20FN3O2/c1-2-17-7-3-4-12(17)10-16-9-11-5-6-14(18(19)20)13(15)8-11/h5-6,8,12,16H,2-4,7,9-10H2,1H3. The third-order valence-corrected chi connectivity index (χ3v) is 3.82. The molecule has 1 aliphatic heterocycles. The van der Waals surface area contributed by atoms with Gasteiger partial charge in [-0.15, -0.1) is 0 Å². The molecule has 0 saturated carbocycles. The molecule has 0 radical (unpaired) electrons. The number of rotatable bonds is 6. The van der Waals surface area contributed by atoms with Gasteiger partial charge in [0, 0.05) is 25.2 Å². The Morgan fingerprint density at radius 1 is 1.55 bits per heavy atom. The van der Waals surface area contributed by atoms with Gasteiger partial charge in [0.15, 0.2) is 0 Å². The molecule has 1 unspecified atom stereocenters. The quantitative estimate of drug-likeness (QED) is 0.642. The monoisotopic (exact) mass is 281 g/mol. The average Bonchev–Trinajstić information content (AvgIpc) is 2.86. The maximum absolute atomic E-state index is 13.5. The van der Waals surface area contributed by atoms with Crippen LogP contribution < -0.4 is 5.32 Å². The van der Waals surface area contributed by atoms with Crippen molar-refractivity contribution >= 4 is 5.69 Å². The second-order valence-corrected chi connectivity index (χ2v) is 5.10. The van der Waals surface area contributed by atoms with Crippen LogP contribution in [0.2, 0.25) is 0 Å². The van der Waals surface area contributed by atoms with Gasteiger partial charge in [0.1, 0.15) is 0 Å². The first-order valence-corrected chi connectivity index (χ1v) is 6.99. The van der Waals surface area contributed by atoms with Crippen LogP contribution in [0.5, 0.6) is 0 Å². The molecular formula is C14H20FN3O2. The topological polar surface area (TPSA) is 58.4 Å². The van der Waals surface area contributed by atoms with Crippen molar-refractivity contribution in [1.29, 1.82) is 0 Å². The van der Waals surface area contributed by atoms with Gasteiger partial charge in [-0.05, 0) is 37.6 Å². The molecule has 1 N–H and O–H groups in total. The third-order valence-electron chi connectivity index (χ3n) is 3.82. The fraction of sp³-hybridized carbons (Fsp3) is 0.571. The molecule has 1 aromatic rings. The summed E-state index contributed by atoms with van der Waals surface area (Å²) >= 11 is 0. The Morgan fingerprint density at radius 3 is 3.00 bits per heavy atom. The lowest BCUT2D eigenvalue weighted by Crippen LogP contribution is -2.37. The summed E-state index contributed by atoms with van der Waals surface area (Å²) in [6.45, 7) is 5.76. The maximum Gasteiger partial charge on any atom is 0.304 e. The lowest BCUT2D eigenvalue weighted by Gasteiger charge is -2.23. The Balaban J connectivity index is 1.85. The second-order valence-electron chi connectivity index (χ2n) is 5.10. The SMILES string of the molecule is CCN1CCCC1CNCc1ccc([N+](=O)[O-])c(F)c1. The van der Waals surface area contributed by atoms with Gasteiger partial charge in [-0.1, -0.05) is 13.0 Å². The fourth-order valence-electron chi connectivity index (χ4n) is 2.73. The fourth-order valence-corrected chi connectivity index (χ4v) is 2.73. The molecule has 1 atom stereocenters. The van der Waals surface area contributed by atoms with E-state index in [1.54, 1.807) is 6.07 Å². The number of hydrogen-bond donors (Lipinski definition) is 1. The molecule has 1 heterocycles. The van der Waals surface area contributed by atoms with Crippen LogP contribution in [0.15, 0.2) is 18.2 Å². The van der Waals surface area contributed by atoms with Crippen LogP contribution in [0.25, 0.3) is 0 Å². The van der Waals surface area contributed by atoms with Gasteiger partial charge >= 0.3 is 5.69 Å². The van der Waals surface area contributed by atoms with Crippen LogP contribution in [-0.4, -0.2) is 35.5 Å². The predicted molar refractivity (Wildman–Crippen MR) is 75.0 cm³/mol. The number of nitro groups is 1. The van der Waals surface area contributed by atoms with E-state index in [-0.39, 0.29) is 0 Å². The Morgan fingerprint density at radius 2 is 2.35 bits per heavy atom. The van der Waals surface area contributed by atoms with E-state index >= 15 is 0 Å². The Bertz CT molecular complexity index is 481. The van der Waals surface area contributed by atoms with Crippen LogP contribution in [-0.2, 0) is 6.54 Å².